The number of nitrogens with zero attached hydrogens (tertiary/aromatic N) is 1. The zero-order valence-corrected chi connectivity index (χ0v) is 22.9. The molecule has 2 saturated heterocycles. The third kappa shape index (κ3) is 4.14. The van der Waals surface area contributed by atoms with Gasteiger partial charge in [-0.15, -0.1) is 0 Å². The van der Waals surface area contributed by atoms with Crippen LogP contribution in [0.5, 0.6) is 0 Å². The molecule has 4 nitrogen and oxygen atoms in total. The topological polar surface area (TPSA) is 49.8 Å². The first-order valence-electron chi connectivity index (χ1n) is 14.4. The maximum atomic E-state index is 13.7. The Kier molecular flexibility index (Phi) is 6.55. The van der Waals surface area contributed by atoms with Crippen LogP contribution in [-0.4, -0.2) is 34.8 Å². The predicted molar refractivity (Wildman–Crippen MR) is 151 cm³/mol. The summed E-state index contributed by atoms with van der Waals surface area (Å²) in [6.07, 6.45) is 5.66. The molecule has 0 radical (unpaired) electrons. The zero-order valence-electron chi connectivity index (χ0n) is 22.9. The van der Waals surface area contributed by atoms with Crippen molar-refractivity contribution in [3.05, 3.63) is 94.0 Å². The van der Waals surface area contributed by atoms with Crippen molar-refractivity contribution in [3.8, 4) is 11.1 Å². The van der Waals surface area contributed by atoms with Crippen molar-refractivity contribution in [1.29, 1.82) is 0 Å². The Hall–Kier alpha value is -3.11. The van der Waals surface area contributed by atoms with Crippen LogP contribution in [0.1, 0.15) is 85.3 Å². The van der Waals surface area contributed by atoms with Crippen molar-refractivity contribution in [2.24, 2.45) is 0 Å². The van der Waals surface area contributed by atoms with E-state index < -0.39 is 5.60 Å². The van der Waals surface area contributed by atoms with E-state index in [1.54, 1.807) is 0 Å². The van der Waals surface area contributed by atoms with Gasteiger partial charge >= 0.3 is 6.09 Å². The van der Waals surface area contributed by atoms with Crippen LogP contribution in [0, 0.1) is 6.92 Å². The van der Waals surface area contributed by atoms with Crippen LogP contribution in [0.3, 0.4) is 0 Å². The van der Waals surface area contributed by atoms with E-state index in [1.165, 1.54) is 38.9 Å². The Bertz CT molecular complexity index is 1280. The van der Waals surface area contributed by atoms with Gasteiger partial charge in [-0.05, 0) is 78.0 Å². The van der Waals surface area contributed by atoms with E-state index in [4.69, 9.17) is 4.74 Å². The summed E-state index contributed by atoms with van der Waals surface area (Å²) in [6.45, 7) is 6.83. The normalized spacial score (nSPS) is 24.2. The highest BCUT2D eigenvalue weighted by Crippen LogP contribution is 2.48. The summed E-state index contributed by atoms with van der Waals surface area (Å²) < 4.78 is 6.10. The number of hydrogen-bond acceptors (Lipinski definition) is 3. The van der Waals surface area contributed by atoms with Gasteiger partial charge in [0.15, 0.2) is 0 Å². The van der Waals surface area contributed by atoms with Gasteiger partial charge in [0.25, 0.3) is 0 Å². The highest BCUT2D eigenvalue weighted by Gasteiger charge is 2.50. The maximum absolute atomic E-state index is 13.7. The van der Waals surface area contributed by atoms with Gasteiger partial charge in [0.1, 0.15) is 6.61 Å². The number of amides is 1. The second-order valence-electron chi connectivity index (χ2n) is 11.6. The smallest absolute Gasteiger partial charge is 0.410 e. The van der Waals surface area contributed by atoms with Crippen LogP contribution in [0.25, 0.3) is 11.1 Å². The van der Waals surface area contributed by atoms with E-state index >= 15 is 0 Å². The highest BCUT2D eigenvalue weighted by molar-refractivity contribution is 5.79. The van der Waals surface area contributed by atoms with Crippen LogP contribution < -0.4 is 0 Å². The van der Waals surface area contributed by atoms with Gasteiger partial charge in [-0.25, -0.2) is 4.79 Å². The first kappa shape index (κ1) is 25.2. The van der Waals surface area contributed by atoms with E-state index in [0.717, 1.165) is 37.7 Å². The molecular formula is C34H39NO3. The van der Waals surface area contributed by atoms with Crippen LogP contribution >= 0.6 is 0 Å². The Balaban J connectivity index is 1.24. The number of rotatable bonds is 5. The number of carbonyl (C=O) groups excluding carboxylic acids is 1. The summed E-state index contributed by atoms with van der Waals surface area (Å²) >= 11 is 0. The molecule has 2 fully saturated rings. The van der Waals surface area contributed by atoms with Gasteiger partial charge in [0.05, 0.1) is 5.60 Å². The van der Waals surface area contributed by atoms with E-state index in [0.29, 0.717) is 19.4 Å². The Morgan fingerprint density at radius 2 is 1.45 bits per heavy atom. The van der Waals surface area contributed by atoms with E-state index in [-0.39, 0.29) is 24.1 Å². The molecule has 3 aromatic rings. The van der Waals surface area contributed by atoms with Crippen molar-refractivity contribution >= 4 is 6.09 Å². The first-order chi connectivity index (χ1) is 18.4. The number of piperidine rings is 2. The molecule has 2 bridgehead atoms. The molecule has 0 spiro atoms. The third-order valence-electron chi connectivity index (χ3n) is 9.23. The number of aliphatic hydroxyl groups is 1. The SMILES string of the molecule is CCc1cc(C)cc(CC)c1C1(O)CC2CCCC(C1)N2C(=O)OCC1c2ccccc2-c2ccccc21. The van der Waals surface area contributed by atoms with Crippen LogP contribution in [-0.2, 0) is 23.2 Å². The summed E-state index contributed by atoms with van der Waals surface area (Å²) in [7, 11) is 0. The monoisotopic (exact) mass is 509 g/mol. The van der Waals surface area contributed by atoms with Gasteiger partial charge in [-0.3, -0.25) is 0 Å². The molecule has 38 heavy (non-hydrogen) atoms. The van der Waals surface area contributed by atoms with Crippen molar-refractivity contribution in [2.75, 3.05) is 6.61 Å². The summed E-state index contributed by atoms with van der Waals surface area (Å²) in [6, 6.07) is 21.4. The second-order valence-corrected chi connectivity index (χ2v) is 11.6. The number of carbonyl (C=O) groups is 1. The molecule has 3 aromatic carbocycles. The molecular weight excluding hydrogens is 470 g/mol. The minimum absolute atomic E-state index is 0.00105. The fourth-order valence-corrected chi connectivity index (χ4v) is 7.70. The maximum Gasteiger partial charge on any atom is 0.410 e. The van der Waals surface area contributed by atoms with E-state index in [9.17, 15) is 9.90 Å². The largest absolute Gasteiger partial charge is 0.448 e. The fourth-order valence-electron chi connectivity index (χ4n) is 7.70. The Labute approximate surface area is 226 Å². The molecule has 1 N–H and O–H groups in total. The second kappa shape index (κ2) is 9.89. The standard InChI is InChI=1S/C34H39NO3/c1-4-23-17-22(3)18-24(5-2)32(23)34(37)19-25-11-10-12-26(20-34)35(25)33(36)38-21-31-29-15-8-6-13-27(29)28-14-7-9-16-30(28)31/h6-9,13-18,25-26,31,37H,4-5,10-12,19-21H2,1-3H3. The third-order valence-corrected chi connectivity index (χ3v) is 9.23. The number of benzene rings is 3. The average Bonchev–Trinajstić information content (AvgIpc) is 3.24. The lowest BCUT2D eigenvalue weighted by molar-refractivity contribution is -0.0898. The minimum atomic E-state index is -0.903. The van der Waals surface area contributed by atoms with Crippen molar-refractivity contribution in [3.63, 3.8) is 0 Å². The van der Waals surface area contributed by atoms with Gasteiger partial charge in [-0.1, -0.05) is 80.1 Å². The number of aryl methyl sites for hydroxylation is 3. The fraction of sp³-hybridized carbons (Fsp3) is 0.441. The van der Waals surface area contributed by atoms with Crippen molar-refractivity contribution < 1.29 is 14.6 Å². The number of hydrogen-bond donors (Lipinski definition) is 1. The Morgan fingerprint density at radius 3 is 1.97 bits per heavy atom. The molecule has 1 amide bonds. The minimum Gasteiger partial charge on any atom is -0.448 e. The lowest BCUT2D eigenvalue weighted by Gasteiger charge is -2.52. The van der Waals surface area contributed by atoms with Gasteiger partial charge < -0.3 is 14.7 Å². The molecule has 2 heterocycles. The molecule has 0 aromatic heterocycles. The van der Waals surface area contributed by atoms with E-state index in [2.05, 4.69) is 81.4 Å². The van der Waals surface area contributed by atoms with Crippen molar-refractivity contribution in [1.82, 2.24) is 4.90 Å². The predicted octanol–water partition coefficient (Wildman–Crippen LogP) is 7.27. The summed E-state index contributed by atoms with van der Waals surface area (Å²) in [5.41, 5.74) is 8.90. The highest BCUT2D eigenvalue weighted by atomic mass is 16.6. The molecule has 3 aliphatic rings. The van der Waals surface area contributed by atoms with Crippen LogP contribution in [0.4, 0.5) is 4.79 Å². The molecule has 198 valence electrons. The van der Waals surface area contributed by atoms with Crippen molar-refractivity contribution in [2.45, 2.75) is 89.3 Å². The summed E-state index contributed by atoms with van der Waals surface area (Å²) in [4.78, 5) is 15.6. The van der Waals surface area contributed by atoms with Gasteiger partial charge in [-0.2, -0.15) is 0 Å². The number of fused-ring (bicyclic) bond motifs is 5. The Morgan fingerprint density at radius 1 is 0.921 bits per heavy atom. The first-order valence-corrected chi connectivity index (χ1v) is 14.4. The molecule has 2 aliphatic heterocycles. The molecule has 1 aliphatic carbocycles. The van der Waals surface area contributed by atoms with Crippen LogP contribution in [0.2, 0.25) is 0 Å². The lowest BCUT2D eigenvalue weighted by atomic mass is 9.70. The summed E-state index contributed by atoms with van der Waals surface area (Å²) in [5, 5.41) is 12.2. The molecule has 4 heteroatoms. The van der Waals surface area contributed by atoms with Gasteiger partial charge in [0, 0.05) is 30.8 Å². The lowest BCUT2D eigenvalue weighted by Crippen LogP contribution is -2.59. The molecule has 2 unspecified atom stereocenters. The average molecular weight is 510 g/mol. The zero-order chi connectivity index (χ0) is 26.4. The quantitative estimate of drug-likeness (QED) is 0.393. The van der Waals surface area contributed by atoms with Gasteiger partial charge in [0.2, 0.25) is 0 Å². The molecule has 2 atom stereocenters. The number of ether oxygens (including phenoxy) is 1. The summed E-state index contributed by atoms with van der Waals surface area (Å²) in [5.74, 6) is 0.0553. The van der Waals surface area contributed by atoms with Crippen LogP contribution in [0.15, 0.2) is 60.7 Å². The molecule has 0 saturated carbocycles. The van der Waals surface area contributed by atoms with E-state index in [1.807, 2.05) is 4.90 Å². The molecule has 6 rings (SSSR count).